The largest absolute Gasteiger partial charge is 0.391 e. The van der Waals surface area contributed by atoms with Gasteiger partial charge in [-0.2, -0.15) is 0 Å². The monoisotopic (exact) mass is 188 g/mol. The molecule has 2 atom stereocenters. The fraction of sp³-hybridized carbons (Fsp3) is 1.00. The van der Waals surface area contributed by atoms with Gasteiger partial charge in [0.25, 0.3) is 0 Å². The molecule has 0 aromatic rings. The Morgan fingerprint density at radius 2 is 1.83 bits per heavy atom. The van der Waals surface area contributed by atoms with Gasteiger partial charge in [0, 0.05) is 0 Å². The lowest BCUT2D eigenvalue weighted by atomic mass is 9.94. The molecule has 2 nitrogen and oxygen atoms in total. The van der Waals surface area contributed by atoms with Crippen LogP contribution in [0.15, 0.2) is 0 Å². The van der Waals surface area contributed by atoms with E-state index in [1.807, 2.05) is 0 Å². The average molecular weight is 188 g/mol. The van der Waals surface area contributed by atoms with Crippen molar-refractivity contribution in [3.8, 4) is 0 Å². The first-order chi connectivity index (χ1) is 5.38. The zero-order valence-electron chi connectivity index (χ0n) is 8.30. The van der Waals surface area contributed by atoms with Crippen molar-refractivity contribution in [2.45, 2.75) is 56.7 Å². The molecule has 0 aromatic carbocycles. The second kappa shape index (κ2) is 3.12. The van der Waals surface area contributed by atoms with Gasteiger partial charge >= 0.3 is 0 Å². The van der Waals surface area contributed by atoms with Crippen molar-refractivity contribution in [3.05, 3.63) is 0 Å². The Morgan fingerprint density at radius 3 is 2.17 bits per heavy atom. The number of hydrogen-bond donors (Lipinski definition) is 2. The number of aliphatic hydroxyl groups is 2. The average Bonchev–Trinajstić information content (AvgIpc) is 1.93. The van der Waals surface area contributed by atoms with Crippen LogP contribution in [-0.2, 0) is 0 Å². The third-order valence-electron chi connectivity index (χ3n) is 3.14. The quantitative estimate of drug-likeness (QED) is 0.613. The lowest BCUT2D eigenvalue weighted by molar-refractivity contribution is -0.0487. The van der Waals surface area contributed by atoms with E-state index in [4.69, 9.17) is 0 Å². The topological polar surface area (TPSA) is 40.5 Å². The molecule has 0 aliphatic heterocycles. The number of rotatable bonds is 1. The minimum absolute atomic E-state index is 0.474. The van der Waals surface area contributed by atoms with Crippen LogP contribution in [0.25, 0.3) is 0 Å². The summed E-state index contributed by atoms with van der Waals surface area (Å²) in [5.41, 5.74) is 0. The summed E-state index contributed by atoms with van der Waals surface area (Å²) < 4.78 is 0. The van der Waals surface area contributed by atoms with Crippen LogP contribution in [0.2, 0.25) is 19.6 Å². The maximum absolute atomic E-state index is 10.3. The Hall–Kier alpha value is 0.137. The second-order valence-electron chi connectivity index (χ2n) is 4.94. The van der Waals surface area contributed by atoms with E-state index in [0.29, 0.717) is 0 Å². The molecule has 1 aliphatic carbocycles. The van der Waals surface area contributed by atoms with Gasteiger partial charge < -0.3 is 10.2 Å². The summed E-state index contributed by atoms with van der Waals surface area (Å²) in [6, 6.07) is 0. The molecule has 0 radical (unpaired) electrons. The van der Waals surface area contributed by atoms with Gasteiger partial charge in [0.05, 0.1) is 19.4 Å². The van der Waals surface area contributed by atoms with Crippen molar-refractivity contribution < 1.29 is 10.2 Å². The third-order valence-corrected chi connectivity index (χ3v) is 6.32. The Balaban J connectivity index is 2.79. The van der Waals surface area contributed by atoms with Crippen LogP contribution >= 0.6 is 0 Å². The highest BCUT2D eigenvalue weighted by atomic mass is 28.3. The molecular weight excluding hydrogens is 168 g/mol. The van der Waals surface area contributed by atoms with Crippen molar-refractivity contribution in [2.75, 3.05) is 0 Å². The lowest BCUT2D eigenvalue weighted by Gasteiger charge is -2.45. The molecular formula is C9H20O2Si. The van der Waals surface area contributed by atoms with Gasteiger partial charge in [0.1, 0.15) is 0 Å². The zero-order valence-corrected chi connectivity index (χ0v) is 9.30. The Labute approximate surface area is 75.6 Å². The first-order valence-corrected chi connectivity index (χ1v) is 8.28. The minimum atomic E-state index is -1.64. The smallest absolute Gasteiger partial charge is 0.0854 e. The van der Waals surface area contributed by atoms with Crippen molar-refractivity contribution >= 4 is 8.07 Å². The van der Waals surface area contributed by atoms with Crippen molar-refractivity contribution in [1.82, 2.24) is 0 Å². The first kappa shape index (κ1) is 10.2. The van der Waals surface area contributed by atoms with E-state index in [1.165, 1.54) is 0 Å². The SMILES string of the molecule is C[Si](C)(C)[C@@]1(O)CCCCC1O. The molecule has 3 heteroatoms. The standard InChI is InChI=1S/C9H20O2Si/c1-12(2,3)9(11)7-5-4-6-8(9)10/h8,10-11H,4-7H2,1-3H3/t8?,9-/m0/s1. The molecule has 1 unspecified atom stereocenters. The van der Waals surface area contributed by atoms with Crippen molar-refractivity contribution in [1.29, 1.82) is 0 Å². The van der Waals surface area contributed by atoms with E-state index in [1.54, 1.807) is 0 Å². The van der Waals surface area contributed by atoms with Crippen molar-refractivity contribution in [2.24, 2.45) is 0 Å². The summed E-state index contributed by atoms with van der Waals surface area (Å²) in [4.78, 5) is 0. The minimum Gasteiger partial charge on any atom is -0.391 e. The molecule has 1 saturated carbocycles. The summed E-state index contributed by atoms with van der Waals surface area (Å²) in [7, 11) is -1.64. The predicted octanol–water partition coefficient (Wildman–Crippen LogP) is 1.53. The number of aliphatic hydroxyl groups excluding tert-OH is 1. The van der Waals surface area contributed by atoms with Crippen LogP contribution in [0.5, 0.6) is 0 Å². The van der Waals surface area contributed by atoms with E-state index < -0.39 is 19.4 Å². The molecule has 12 heavy (non-hydrogen) atoms. The summed E-state index contributed by atoms with van der Waals surface area (Å²) in [6.45, 7) is 6.38. The molecule has 2 N–H and O–H groups in total. The Kier molecular flexibility index (Phi) is 2.66. The highest BCUT2D eigenvalue weighted by Gasteiger charge is 2.48. The van der Waals surface area contributed by atoms with Crippen LogP contribution in [-0.4, -0.2) is 29.6 Å². The van der Waals surface area contributed by atoms with Gasteiger partial charge in [0.15, 0.2) is 0 Å². The number of hydrogen-bond acceptors (Lipinski definition) is 2. The normalized spacial score (nSPS) is 38.2. The fourth-order valence-corrected chi connectivity index (χ4v) is 4.08. The third kappa shape index (κ3) is 1.58. The van der Waals surface area contributed by atoms with E-state index in [2.05, 4.69) is 19.6 Å². The maximum atomic E-state index is 10.3. The van der Waals surface area contributed by atoms with Crippen LogP contribution in [0.1, 0.15) is 25.7 Å². The second-order valence-corrected chi connectivity index (χ2v) is 10.3. The molecule has 72 valence electrons. The van der Waals surface area contributed by atoms with E-state index in [9.17, 15) is 10.2 Å². The zero-order chi connectivity index (χ0) is 9.41. The van der Waals surface area contributed by atoms with Crippen molar-refractivity contribution in [3.63, 3.8) is 0 Å². The Bertz CT molecular complexity index is 164. The van der Waals surface area contributed by atoms with E-state index in [0.717, 1.165) is 25.7 Å². The highest BCUT2D eigenvalue weighted by molar-refractivity contribution is 6.79. The molecule has 0 spiro atoms. The molecule has 1 aliphatic rings. The molecule has 0 saturated heterocycles. The summed E-state index contributed by atoms with van der Waals surface area (Å²) in [5, 5.41) is 19.3. The van der Waals surface area contributed by atoms with Crippen LogP contribution in [0, 0.1) is 0 Å². The fourth-order valence-electron chi connectivity index (χ4n) is 2.01. The highest BCUT2D eigenvalue weighted by Crippen LogP contribution is 2.35. The molecule has 1 rings (SSSR count). The predicted molar refractivity (Wildman–Crippen MR) is 52.8 cm³/mol. The molecule has 0 bridgehead atoms. The summed E-state index contributed by atoms with van der Waals surface area (Å²) >= 11 is 0. The summed E-state index contributed by atoms with van der Waals surface area (Å²) in [5.74, 6) is 0. The van der Waals surface area contributed by atoms with Gasteiger partial charge in [-0.05, 0) is 12.8 Å². The van der Waals surface area contributed by atoms with Crippen LogP contribution in [0.4, 0.5) is 0 Å². The van der Waals surface area contributed by atoms with Crippen LogP contribution in [0.3, 0.4) is 0 Å². The van der Waals surface area contributed by atoms with E-state index in [-0.39, 0.29) is 0 Å². The van der Waals surface area contributed by atoms with Gasteiger partial charge in [-0.15, -0.1) is 0 Å². The van der Waals surface area contributed by atoms with E-state index >= 15 is 0 Å². The van der Waals surface area contributed by atoms with Gasteiger partial charge in [-0.25, -0.2) is 0 Å². The molecule has 0 amide bonds. The van der Waals surface area contributed by atoms with Gasteiger partial charge in [-0.3, -0.25) is 0 Å². The summed E-state index contributed by atoms with van der Waals surface area (Å²) in [6.07, 6.45) is 3.23. The maximum Gasteiger partial charge on any atom is 0.0854 e. The van der Waals surface area contributed by atoms with Crippen LogP contribution < -0.4 is 0 Å². The van der Waals surface area contributed by atoms with Gasteiger partial charge in [0.2, 0.25) is 0 Å². The molecule has 0 heterocycles. The Morgan fingerprint density at radius 1 is 1.25 bits per heavy atom. The van der Waals surface area contributed by atoms with Gasteiger partial charge in [-0.1, -0.05) is 32.5 Å². The lowest BCUT2D eigenvalue weighted by Crippen LogP contribution is -2.61. The first-order valence-electron chi connectivity index (χ1n) is 4.78. The molecule has 1 fully saturated rings. The molecule has 0 aromatic heterocycles.